The Morgan fingerprint density at radius 1 is 1.46 bits per heavy atom. The highest BCUT2D eigenvalue weighted by atomic mass is 16.5. The summed E-state index contributed by atoms with van der Waals surface area (Å²) >= 11 is 0. The van der Waals surface area contributed by atoms with Crippen molar-refractivity contribution in [2.24, 2.45) is 23.7 Å². The fourth-order valence-corrected chi connectivity index (χ4v) is 3.11. The third kappa shape index (κ3) is 1.17. The Labute approximate surface area is 78.1 Å². The smallest absolute Gasteiger partial charge is 0.309 e. The van der Waals surface area contributed by atoms with Gasteiger partial charge in [0.2, 0.25) is 0 Å². The summed E-state index contributed by atoms with van der Waals surface area (Å²) in [7, 11) is 1.42. The molecule has 2 rings (SSSR count). The number of fused-ring (bicyclic) bond motifs is 2. The van der Waals surface area contributed by atoms with Crippen molar-refractivity contribution in [3.05, 3.63) is 0 Å². The normalized spacial score (nSPS) is 48.1. The van der Waals surface area contributed by atoms with Crippen molar-refractivity contribution in [1.82, 2.24) is 0 Å². The maximum atomic E-state index is 11.4. The van der Waals surface area contributed by atoms with Crippen LogP contribution in [-0.4, -0.2) is 24.3 Å². The second-order valence-corrected chi connectivity index (χ2v) is 4.37. The minimum atomic E-state index is -0.273. The Morgan fingerprint density at radius 2 is 2.15 bits per heavy atom. The first-order valence-electron chi connectivity index (χ1n) is 4.91. The van der Waals surface area contributed by atoms with Crippen molar-refractivity contribution in [2.75, 3.05) is 7.11 Å². The summed E-state index contributed by atoms with van der Waals surface area (Å²) in [5.41, 5.74) is 0. The van der Waals surface area contributed by atoms with Crippen LogP contribution in [0.1, 0.15) is 19.8 Å². The third-order valence-electron chi connectivity index (χ3n) is 3.86. The lowest BCUT2D eigenvalue weighted by atomic mass is 9.79. The summed E-state index contributed by atoms with van der Waals surface area (Å²) in [5.74, 6) is 0.884. The van der Waals surface area contributed by atoms with Crippen LogP contribution in [0, 0.1) is 23.7 Å². The lowest BCUT2D eigenvalue weighted by molar-refractivity contribution is -0.151. The van der Waals surface area contributed by atoms with Gasteiger partial charge in [-0.15, -0.1) is 0 Å². The van der Waals surface area contributed by atoms with Gasteiger partial charge in [-0.3, -0.25) is 4.79 Å². The van der Waals surface area contributed by atoms with Crippen molar-refractivity contribution >= 4 is 5.97 Å². The lowest BCUT2D eigenvalue weighted by Crippen LogP contribution is -2.35. The standard InChI is InChI=1S/C10H16O3/c1-5-6-3-7(8(11)4-6)9(5)10(12)13-2/h5-9,11H,3-4H2,1-2H3/t5-,6?,7?,8+,9-/m0/s1. The fourth-order valence-electron chi connectivity index (χ4n) is 3.11. The topological polar surface area (TPSA) is 46.5 Å². The van der Waals surface area contributed by atoms with Gasteiger partial charge in [0, 0.05) is 0 Å². The molecule has 2 aliphatic rings. The van der Waals surface area contributed by atoms with Crippen molar-refractivity contribution in [1.29, 1.82) is 0 Å². The van der Waals surface area contributed by atoms with Crippen molar-refractivity contribution in [3.63, 3.8) is 0 Å². The maximum Gasteiger partial charge on any atom is 0.309 e. The maximum absolute atomic E-state index is 11.4. The highest BCUT2D eigenvalue weighted by Crippen LogP contribution is 2.52. The Morgan fingerprint density at radius 3 is 2.69 bits per heavy atom. The van der Waals surface area contributed by atoms with Crippen LogP contribution in [0.5, 0.6) is 0 Å². The molecule has 3 nitrogen and oxygen atoms in total. The summed E-state index contributed by atoms with van der Waals surface area (Å²) in [6, 6.07) is 0. The molecule has 2 fully saturated rings. The Kier molecular flexibility index (Phi) is 2.06. The van der Waals surface area contributed by atoms with Crippen molar-refractivity contribution in [3.8, 4) is 0 Å². The van der Waals surface area contributed by atoms with Gasteiger partial charge in [-0.25, -0.2) is 0 Å². The third-order valence-corrected chi connectivity index (χ3v) is 3.86. The van der Waals surface area contributed by atoms with E-state index in [0.717, 1.165) is 12.8 Å². The van der Waals surface area contributed by atoms with E-state index in [1.165, 1.54) is 7.11 Å². The summed E-state index contributed by atoms with van der Waals surface area (Å²) in [5, 5.41) is 9.64. The van der Waals surface area contributed by atoms with E-state index in [4.69, 9.17) is 4.74 Å². The molecule has 0 saturated heterocycles. The molecule has 1 N–H and O–H groups in total. The molecule has 74 valence electrons. The molecular weight excluding hydrogens is 168 g/mol. The molecule has 0 radical (unpaired) electrons. The molecule has 2 saturated carbocycles. The first kappa shape index (κ1) is 9.00. The minimum absolute atomic E-state index is 0.0567. The van der Waals surface area contributed by atoms with E-state index in [1.807, 2.05) is 0 Å². The van der Waals surface area contributed by atoms with Gasteiger partial charge in [-0.1, -0.05) is 6.92 Å². The molecule has 3 heteroatoms. The van der Waals surface area contributed by atoms with Gasteiger partial charge in [0.15, 0.2) is 0 Å². The highest BCUT2D eigenvalue weighted by Gasteiger charge is 2.53. The van der Waals surface area contributed by atoms with E-state index in [9.17, 15) is 9.90 Å². The van der Waals surface area contributed by atoms with E-state index < -0.39 is 0 Å². The highest BCUT2D eigenvalue weighted by molar-refractivity contribution is 5.73. The number of methoxy groups -OCH3 is 1. The van der Waals surface area contributed by atoms with E-state index in [0.29, 0.717) is 11.8 Å². The molecule has 0 spiro atoms. The number of carbonyl (C=O) groups excluding carboxylic acids is 1. The Bertz CT molecular complexity index is 226. The minimum Gasteiger partial charge on any atom is -0.469 e. The number of aliphatic hydroxyl groups excluding tert-OH is 1. The number of hydrogen-bond donors (Lipinski definition) is 1. The number of aliphatic hydroxyl groups is 1. The number of rotatable bonds is 1. The van der Waals surface area contributed by atoms with Crippen LogP contribution in [0.2, 0.25) is 0 Å². The monoisotopic (exact) mass is 184 g/mol. The predicted molar refractivity (Wildman–Crippen MR) is 46.9 cm³/mol. The summed E-state index contributed by atoms with van der Waals surface area (Å²) in [6.45, 7) is 2.10. The molecule has 0 heterocycles. The van der Waals surface area contributed by atoms with Crippen molar-refractivity contribution in [2.45, 2.75) is 25.9 Å². The molecule has 2 unspecified atom stereocenters. The molecule has 2 bridgehead atoms. The largest absolute Gasteiger partial charge is 0.469 e. The molecule has 0 aliphatic heterocycles. The average Bonchev–Trinajstić information content (AvgIpc) is 2.60. The molecular formula is C10H16O3. The van der Waals surface area contributed by atoms with Crippen LogP contribution in [0.25, 0.3) is 0 Å². The first-order chi connectivity index (χ1) is 6.15. The van der Waals surface area contributed by atoms with Gasteiger partial charge < -0.3 is 9.84 Å². The van der Waals surface area contributed by atoms with Gasteiger partial charge in [0.05, 0.1) is 19.1 Å². The van der Waals surface area contributed by atoms with Crippen LogP contribution in [0.3, 0.4) is 0 Å². The van der Waals surface area contributed by atoms with Gasteiger partial charge >= 0.3 is 5.97 Å². The second-order valence-electron chi connectivity index (χ2n) is 4.37. The van der Waals surface area contributed by atoms with E-state index >= 15 is 0 Å². The zero-order chi connectivity index (χ0) is 9.59. The Hall–Kier alpha value is -0.570. The summed E-state index contributed by atoms with van der Waals surface area (Å²) in [6.07, 6.45) is 1.60. The van der Waals surface area contributed by atoms with Gasteiger partial charge in [-0.05, 0) is 30.6 Å². The number of carbonyl (C=O) groups is 1. The van der Waals surface area contributed by atoms with Gasteiger partial charge in [0.1, 0.15) is 0 Å². The fraction of sp³-hybridized carbons (Fsp3) is 0.900. The van der Waals surface area contributed by atoms with E-state index in [-0.39, 0.29) is 23.9 Å². The molecule has 0 amide bonds. The quantitative estimate of drug-likeness (QED) is 0.613. The number of hydrogen-bond acceptors (Lipinski definition) is 3. The summed E-state index contributed by atoms with van der Waals surface area (Å²) in [4.78, 5) is 11.4. The van der Waals surface area contributed by atoms with Gasteiger partial charge in [0.25, 0.3) is 0 Å². The van der Waals surface area contributed by atoms with Crippen LogP contribution in [0.4, 0.5) is 0 Å². The first-order valence-corrected chi connectivity index (χ1v) is 4.91. The molecule has 0 aromatic carbocycles. The van der Waals surface area contributed by atoms with Crippen LogP contribution >= 0.6 is 0 Å². The number of ether oxygens (including phenoxy) is 1. The number of esters is 1. The van der Waals surface area contributed by atoms with Crippen LogP contribution < -0.4 is 0 Å². The second kappa shape index (κ2) is 2.98. The molecule has 13 heavy (non-hydrogen) atoms. The molecule has 2 aliphatic carbocycles. The van der Waals surface area contributed by atoms with Crippen LogP contribution in [-0.2, 0) is 9.53 Å². The average molecular weight is 184 g/mol. The van der Waals surface area contributed by atoms with Crippen LogP contribution in [0.15, 0.2) is 0 Å². The SMILES string of the molecule is COC(=O)[C@@H]1C2CC(C[C@H]2O)[C@@H]1C. The van der Waals surface area contributed by atoms with Crippen molar-refractivity contribution < 1.29 is 14.6 Å². The summed E-state index contributed by atoms with van der Waals surface area (Å²) < 4.78 is 4.76. The predicted octanol–water partition coefficient (Wildman–Crippen LogP) is 0.812. The zero-order valence-corrected chi connectivity index (χ0v) is 8.06. The molecule has 0 aromatic heterocycles. The zero-order valence-electron chi connectivity index (χ0n) is 8.06. The lowest BCUT2D eigenvalue weighted by Gasteiger charge is -2.29. The molecule has 0 aromatic rings. The van der Waals surface area contributed by atoms with E-state index in [1.54, 1.807) is 0 Å². The van der Waals surface area contributed by atoms with Gasteiger partial charge in [-0.2, -0.15) is 0 Å². The van der Waals surface area contributed by atoms with E-state index in [2.05, 4.69) is 6.92 Å². The Balaban J connectivity index is 2.16. The molecule has 5 atom stereocenters.